The number of aliphatic hydroxyl groups excluding tert-OH is 1. The number of Topliss-reactive ketones (excluding diaryl/α,β-unsaturated/α-hetero) is 1. The molecule has 2 atom stereocenters. The van der Waals surface area contributed by atoms with Crippen LogP contribution in [0.5, 0.6) is 0 Å². The molecule has 2 aromatic carbocycles. The summed E-state index contributed by atoms with van der Waals surface area (Å²) in [5.74, 6) is -0.332. The van der Waals surface area contributed by atoms with Crippen LogP contribution in [0.3, 0.4) is 0 Å². The molecule has 0 bridgehead atoms. The van der Waals surface area contributed by atoms with Gasteiger partial charge in [0.25, 0.3) is 5.69 Å². The van der Waals surface area contributed by atoms with Gasteiger partial charge in [-0.3, -0.25) is 14.9 Å². The second-order valence-electron chi connectivity index (χ2n) is 4.39. The minimum absolute atomic E-state index is 0.105. The van der Waals surface area contributed by atoms with Crippen molar-refractivity contribution in [2.24, 2.45) is 0 Å². The fourth-order valence-electron chi connectivity index (χ4n) is 1.97. The second-order valence-corrected chi connectivity index (χ2v) is 5.38. The smallest absolute Gasteiger partial charge is 0.275 e. The van der Waals surface area contributed by atoms with Crippen LogP contribution in [0.1, 0.15) is 22.0 Å². The number of rotatable bonds is 5. The quantitative estimate of drug-likeness (QED) is 0.388. The standard InChI is InChI=1S/C15H12BrNO4/c16-13(14(18)10-6-2-1-3-7-10)15(19)11-8-4-5-9-12(11)17(20)21/h1-9,13,15,19H/t13-,15+/m1/s1. The molecule has 0 aliphatic carbocycles. The minimum atomic E-state index is -1.31. The molecular weight excluding hydrogens is 338 g/mol. The first kappa shape index (κ1) is 15.3. The lowest BCUT2D eigenvalue weighted by Gasteiger charge is -2.16. The third-order valence-electron chi connectivity index (χ3n) is 3.04. The van der Waals surface area contributed by atoms with Gasteiger partial charge >= 0.3 is 0 Å². The predicted molar refractivity (Wildman–Crippen MR) is 81.5 cm³/mol. The topological polar surface area (TPSA) is 80.4 Å². The summed E-state index contributed by atoms with van der Waals surface area (Å²) in [7, 11) is 0. The van der Waals surface area contributed by atoms with Crippen molar-refractivity contribution in [2.45, 2.75) is 10.9 Å². The van der Waals surface area contributed by atoms with Crippen LogP contribution < -0.4 is 0 Å². The van der Waals surface area contributed by atoms with E-state index in [1.165, 1.54) is 18.2 Å². The van der Waals surface area contributed by atoms with Crippen molar-refractivity contribution < 1.29 is 14.8 Å². The zero-order chi connectivity index (χ0) is 15.4. The highest BCUT2D eigenvalue weighted by Gasteiger charge is 2.30. The van der Waals surface area contributed by atoms with Crippen molar-refractivity contribution in [3.8, 4) is 0 Å². The molecule has 0 spiro atoms. The fraction of sp³-hybridized carbons (Fsp3) is 0.133. The van der Waals surface area contributed by atoms with Crippen LogP contribution in [-0.2, 0) is 0 Å². The maximum Gasteiger partial charge on any atom is 0.275 e. The average molecular weight is 350 g/mol. The molecule has 6 heteroatoms. The zero-order valence-electron chi connectivity index (χ0n) is 10.8. The highest BCUT2D eigenvalue weighted by molar-refractivity contribution is 9.10. The van der Waals surface area contributed by atoms with Crippen LogP contribution in [0, 0.1) is 10.1 Å². The Morgan fingerprint density at radius 2 is 1.67 bits per heavy atom. The number of nitro benzene ring substituents is 1. The van der Waals surface area contributed by atoms with E-state index in [0.717, 1.165) is 0 Å². The number of carbonyl (C=O) groups excluding carboxylic acids is 1. The summed E-state index contributed by atoms with van der Waals surface area (Å²) in [5, 5.41) is 21.3. The number of benzene rings is 2. The number of aliphatic hydroxyl groups is 1. The normalized spacial score (nSPS) is 13.4. The number of nitrogens with zero attached hydrogens (tertiary/aromatic N) is 1. The van der Waals surface area contributed by atoms with E-state index in [-0.39, 0.29) is 17.0 Å². The van der Waals surface area contributed by atoms with Crippen molar-refractivity contribution in [1.29, 1.82) is 0 Å². The van der Waals surface area contributed by atoms with Gasteiger partial charge in [-0.25, -0.2) is 0 Å². The predicted octanol–water partition coefficient (Wildman–Crippen LogP) is 3.27. The largest absolute Gasteiger partial charge is 0.386 e. The lowest BCUT2D eigenvalue weighted by atomic mass is 9.99. The van der Waals surface area contributed by atoms with E-state index in [4.69, 9.17) is 0 Å². The highest BCUT2D eigenvalue weighted by Crippen LogP contribution is 2.31. The molecule has 108 valence electrons. The number of para-hydroxylation sites is 1. The Morgan fingerprint density at radius 1 is 1.10 bits per heavy atom. The summed E-state index contributed by atoms with van der Waals surface area (Å²) >= 11 is 3.14. The molecule has 0 heterocycles. The summed E-state index contributed by atoms with van der Waals surface area (Å²) < 4.78 is 0. The van der Waals surface area contributed by atoms with Crippen LogP contribution >= 0.6 is 15.9 Å². The van der Waals surface area contributed by atoms with Crippen LogP contribution in [0.2, 0.25) is 0 Å². The summed E-state index contributed by atoms with van der Waals surface area (Å²) in [6, 6.07) is 14.3. The lowest BCUT2D eigenvalue weighted by molar-refractivity contribution is -0.386. The Morgan fingerprint density at radius 3 is 2.29 bits per heavy atom. The SMILES string of the molecule is O=C(c1ccccc1)[C@@H](Br)[C@@H](O)c1ccccc1[N+](=O)[O-]. The van der Waals surface area contributed by atoms with Crippen molar-refractivity contribution in [2.75, 3.05) is 0 Å². The van der Waals surface area contributed by atoms with Crippen molar-refractivity contribution in [1.82, 2.24) is 0 Å². The maximum absolute atomic E-state index is 12.3. The van der Waals surface area contributed by atoms with Gasteiger partial charge in [0.2, 0.25) is 0 Å². The van der Waals surface area contributed by atoms with E-state index in [1.807, 2.05) is 0 Å². The van der Waals surface area contributed by atoms with Gasteiger partial charge in [-0.1, -0.05) is 58.4 Å². The number of nitro groups is 1. The van der Waals surface area contributed by atoms with Gasteiger partial charge in [0, 0.05) is 11.6 Å². The molecule has 0 radical (unpaired) electrons. The van der Waals surface area contributed by atoms with E-state index < -0.39 is 15.9 Å². The van der Waals surface area contributed by atoms with Crippen LogP contribution in [-0.4, -0.2) is 20.6 Å². The molecule has 2 rings (SSSR count). The number of halogens is 1. The molecule has 0 saturated carbocycles. The third-order valence-corrected chi connectivity index (χ3v) is 3.95. The van der Waals surface area contributed by atoms with Gasteiger partial charge < -0.3 is 5.11 Å². The molecule has 0 saturated heterocycles. The summed E-state index contributed by atoms with van der Waals surface area (Å²) in [6.45, 7) is 0. The van der Waals surface area contributed by atoms with E-state index in [9.17, 15) is 20.0 Å². The monoisotopic (exact) mass is 349 g/mol. The molecule has 0 unspecified atom stereocenters. The number of hydrogen-bond donors (Lipinski definition) is 1. The number of carbonyl (C=O) groups is 1. The van der Waals surface area contributed by atoms with Crippen molar-refractivity contribution in [3.63, 3.8) is 0 Å². The Labute approximate surface area is 129 Å². The lowest BCUT2D eigenvalue weighted by Crippen LogP contribution is -2.23. The first-order valence-corrected chi connectivity index (χ1v) is 7.08. The molecule has 0 aliphatic rings. The zero-order valence-corrected chi connectivity index (χ0v) is 12.4. The van der Waals surface area contributed by atoms with Gasteiger partial charge in [0.1, 0.15) is 10.9 Å². The van der Waals surface area contributed by atoms with E-state index >= 15 is 0 Å². The number of alkyl halides is 1. The third kappa shape index (κ3) is 3.34. The molecule has 0 aromatic heterocycles. The van der Waals surface area contributed by atoms with Gasteiger partial charge in [-0.2, -0.15) is 0 Å². The molecule has 21 heavy (non-hydrogen) atoms. The first-order valence-electron chi connectivity index (χ1n) is 6.17. The Kier molecular flexibility index (Phi) is 4.82. The average Bonchev–Trinajstić information content (AvgIpc) is 2.53. The van der Waals surface area contributed by atoms with Gasteiger partial charge in [-0.15, -0.1) is 0 Å². The summed E-state index contributed by atoms with van der Waals surface area (Å²) in [6.07, 6.45) is -1.31. The Balaban J connectivity index is 2.30. The number of hydrogen-bond acceptors (Lipinski definition) is 4. The Bertz CT molecular complexity index is 660. The molecule has 1 N–H and O–H groups in total. The first-order chi connectivity index (χ1) is 10.0. The molecule has 0 aliphatic heterocycles. The molecule has 2 aromatic rings. The summed E-state index contributed by atoms with van der Waals surface area (Å²) in [5.41, 5.74) is 0.320. The molecule has 0 amide bonds. The van der Waals surface area contributed by atoms with Crippen molar-refractivity contribution in [3.05, 3.63) is 75.8 Å². The number of ketones is 1. The summed E-state index contributed by atoms with van der Waals surface area (Å²) in [4.78, 5) is 21.7. The second kappa shape index (κ2) is 6.60. The Hall–Kier alpha value is -2.05. The van der Waals surface area contributed by atoms with E-state index in [2.05, 4.69) is 15.9 Å². The van der Waals surface area contributed by atoms with E-state index in [0.29, 0.717) is 5.56 Å². The minimum Gasteiger partial charge on any atom is -0.386 e. The van der Waals surface area contributed by atoms with E-state index in [1.54, 1.807) is 36.4 Å². The van der Waals surface area contributed by atoms with Crippen LogP contribution in [0.15, 0.2) is 54.6 Å². The highest BCUT2D eigenvalue weighted by atomic mass is 79.9. The molecular formula is C15H12BrNO4. The van der Waals surface area contributed by atoms with Gasteiger partial charge in [0.05, 0.1) is 10.5 Å². The van der Waals surface area contributed by atoms with Gasteiger partial charge in [-0.05, 0) is 6.07 Å². The molecule has 5 nitrogen and oxygen atoms in total. The van der Waals surface area contributed by atoms with Crippen LogP contribution in [0.25, 0.3) is 0 Å². The van der Waals surface area contributed by atoms with Crippen LogP contribution in [0.4, 0.5) is 5.69 Å². The van der Waals surface area contributed by atoms with Crippen molar-refractivity contribution >= 4 is 27.4 Å². The van der Waals surface area contributed by atoms with Gasteiger partial charge in [0.15, 0.2) is 5.78 Å². The maximum atomic E-state index is 12.3. The molecule has 0 fully saturated rings. The fourth-order valence-corrected chi connectivity index (χ4v) is 2.52.